The summed E-state index contributed by atoms with van der Waals surface area (Å²) in [6.07, 6.45) is 9.00. The maximum absolute atomic E-state index is 12.3. The average molecular weight is 328 g/mol. The van der Waals surface area contributed by atoms with Crippen LogP contribution in [-0.2, 0) is 6.42 Å². The molecule has 0 aliphatic heterocycles. The molecule has 3 rings (SSSR count). The van der Waals surface area contributed by atoms with Gasteiger partial charge in [-0.2, -0.15) is 5.10 Å². The third-order valence-electron chi connectivity index (χ3n) is 4.57. The molecule has 128 valence electrons. The highest BCUT2D eigenvalue weighted by Gasteiger charge is 2.19. The lowest BCUT2D eigenvalue weighted by atomic mass is 10.0. The second-order valence-corrected chi connectivity index (χ2v) is 6.40. The number of aliphatic hydroxyl groups excluding tert-OH is 1. The first-order chi connectivity index (χ1) is 11.8. The monoisotopic (exact) mass is 328 g/mol. The molecule has 24 heavy (non-hydrogen) atoms. The van der Waals surface area contributed by atoms with Gasteiger partial charge in [0.15, 0.2) is 0 Å². The molecule has 0 bridgehead atoms. The predicted molar refractivity (Wildman–Crippen MR) is 90.6 cm³/mol. The number of aliphatic hydroxyl groups is 1. The first-order valence-electron chi connectivity index (χ1n) is 8.60. The van der Waals surface area contributed by atoms with Crippen LogP contribution in [0.2, 0.25) is 0 Å². The van der Waals surface area contributed by atoms with Crippen LogP contribution in [0.4, 0.5) is 0 Å². The summed E-state index contributed by atoms with van der Waals surface area (Å²) in [6.45, 7) is 0.412. The highest BCUT2D eigenvalue weighted by Crippen LogP contribution is 2.28. The van der Waals surface area contributed by atoms with E-state index >= 15 is 0 Å². The molecule has 1 atom stereocenters. The first kappa shape index (κ1) is 16.6. The highest BCUT2D eigenvalue weighted by molar-refractivity contribution is 5.92. The predicted octanol–water partition coefficient (Wildman–Crippen LogP) is 1.97. The van der Waals surface area contributed by atoms with E-state index in [0.29, 0.717) is 24.7 Å². The molecule has 6 nitrogen and oxygen atoms in total. The minimum absolute atomic E-state index is 0.00731. The molecule has 0 radical (unpaired) electrons. The van der Waals surface area contributed by atoms with Gasteiger partial charge < -0.3 is 10.4 Å². The van der Waals surface area contributed by atoms with E-state index in [4.69, 9.17) is 0 Å². The molecule has 2 aromatic rings. The second-order valence-electron chi connectivity index (χ2n) is 6.40. The summed E-state index contributed by atoms with van der Waals surface area (Å²) in [7, 11) is 0. The van der Waals surface area contributed by atoms with Crippen LogP contribution in [0.3, 0.4) is 0 Å². The van der Waals surface area contributed by atoms with Crippen LogP contribution in [0.5, 0.6) is 0 Å². The highest BCUT2D eigenvalue weighted by atomic mass is 16.3. The van der Waals surface area contributed by atoms with Crippen molar-refractivity contribution in [3.05, 3.63) is 48.0 Å². The molecule has 6 heteroatoms. The van der Waals surface area contributed by atoms with E-state index in [1.54, 1.807) is 12.3 Å². The number of nitrogens with one attached hydrogen (secondary N) is 1. The van der Waals surface area contributed by atoms with Crippen molar-refractivity contribution in [3.63, 3.8) is 0 Å². The number of amides is 1. The van der Waals surface area contributed by atoms with Gasteiger partial charge in [0.2, 0.25) is 0 Å². The quantitative estimate of drug-likeness (QED) is 0.814. The molecule has 0 spiro atoms. The average Bonchev–Trinajstić information content (AvgIpc) is 3.30. The van der Waals surface area contributed by atoms with Crippen molar-refractivity contribution in [1.82, 2.24) is 20.1 Å². The molecule has 1 unspecified atom stereocenters. The van der Waals surface area contributed by atoms with E-state index < -0.39 is 0 Å². The van der Waals surface area contributed by atoms with E-state index in [0.717, 1.165) is 18.5 Å². The van der Waals surface area contributed by atoms with E-state index in [9.17, 15) is 9.90 Å². The molecule has 0 aromatic carbocycles. The fraction of sp³-hybridized carbons (Fsp3) is 0.500. The Hall–Kier alpha value is -2.21. The van der Waals surface area contributed by atoms with E-state index in [1.165, 1.54) is 12.8 Å². The van der Waals surface area contributed by atoms with E-state index in [1.807, 2.05) is 29.1 Å². The molecule has 1 amide bonds. The minimum Gasteiger partial charge on any atom is -0.396 e. The SMILES string of the molecule is O=C(NCC(CO)Cc1ccccn1)c1ccn(C2CCCC2)n1. The zero-order valence-corrected chi connectivity index (χ0v) is 13.8. The maximum Gasteiger partial charge on any atom is 0.271 e. The summed E-state index contributed by atoms with van der Waals surface area (Å²) >= 11 is 0. The number of nitrogens with zero attached hydrogens (tertiary/aromatic N) is 3. The lowest BCUT2D eigenvalue weighted by molar-refractivity contribution is 0.0933. The van der Waals surface area contributed by atoms with Gasteiger partial charge in [0.25, 0.3) is 5.91 Å². The van der Waals surface area contributed by atoms with Gasteiger partial charge in [0.05, 0.1) is 6.04 Å². The first-order valence-corrected chi connectivity index (χ1v) is 8.60. The minimum atomic E-state index is -0.189. The van der Waals surface area contributed by atoms with Crippen LogP contribution in [0.25, 0.3) is 0 Å². The smallest absolute Gasteiger partial charge is 0.271 e. The molecule has 0 saturated heterocycles. The fourth-order valence-corrected chi connectivity index (χ4v) is 3.17. The van der Waals surface area contributed by atoms with Crippen LogP contribution in [0.1, 0.15) is 47.9 Å². The second kappa shape index (κ2) is 8.06. The van der Waals surface area contributed by atoms with Crippen LogP contribution in [0.15, 0.2) is 36.7 Å². The number of pyridine rings is 1. The topological polar surface area (TPSA) is 80.0 Å². The Labute approximate surface area is 141 Å². The van der Waals surface area contributed by atoms with Gasteiger partial charge in [0.1, 0.15) is 5.69 Å². The molecular formula is C18H24N4O2. The Kier molecular flexibility index (Phi) is 5.59. The third kappa shape index (κ3) is 4.20. The molecular weight excluding hydrogens is 304 g/mol. The van der Waals surface area contributed by atoms with Crippen LogP contribution in [-0.4, -0.2) is 38.9 Å². The summed E-state index contributed by atoms with van der Waals surface area (Å²) in [6, 6.07) is 7.90. The zero-order chi connectivity index (χ0) is 16.8. The van der Waals surface area contributed by atoms with Crippen molar-refractivity contribution >= 4 is 5.91 Å². The molecule has 2 aromatic heterocycles. The largest absolute Gasteiger partial charge is 0.396 e. The van der Waals surface area contributed by atoms with E-state index in [2.05, 4.69) is 15.4 Å². The van der Waals surface area contributed by atoms with Crippen molar-refractivity contribution in [1.29, 1.82) is 0 Å². The molecule has 1 fully saturated rings. The number of rotatable bonds is 7. The molecule has 1 aliphatic carbocycles. The van der Waals surface area contributed by atoms with Crippen molar-refractivity contribution in [2.75, 3.05) is 13.2 Å². The maximum atomic E-state index is 12.3. The molecule has 2 heterocycles. The Morgan fingerprint density at radius 3 is 2.88 bits per heavy atom. The number of carbonyl (C=O) groups is 1. The number of hydrogen-bond acceptors (Lipinski definition) is 4. The van der Waals surface area contributed by atoms with Gasteiger partial charge in [-0.15, -0.1) is 0 Å². The molecule has 2 N–H and O–H groups in total. The van der Waals surface area contributed by atoms with Crippen LogP contribution < -0.4 is 5.32 Å². The summed E-state index contributed by atoms with van der Waals surface area (Å²) < 4.78 is 1.92. The van der Waals surface area contributed by atoms with Gasteiger partial charge in [-0.05, 0) is 37.5 Å². The Balaban J connectivity index is 1.52. The van der Waals surface area contributed by atoms with Gasteiger partial charge in [-0.3, -0.25) is 14.5 Å². The third-order valence-corrected chi connectivity index (χ3v) is 4.57. The summed E-state index contributed by atoms with van der Waals surface area (Å²) in [5.41, 5.74) is 1.35. The Morgan fingerprint density at radius 1 is 1.33 bits per heavy atom. The van der Waals surface area contributed by atoms with Crippen LogP contribution >= 0.6 is 0 Å². The van der Waals surface area contributed by atoms with Crippen molar-refractivity contribution in [3.8, 4) is 0 Å². The summed E-state index contributed by atoms with van der Waals surface area (Å²) in [5.74, 6) is -0.244. The van der Waals surface area contributed by atoms with Crippen molar-refractivity contribution in [2.24, 2.45) is 5.92 Å². The Morgan fingerprint density at radius 2 is 2.17 bits per heavy atom. The normalized spacial score (nSPS) is 16.2. The lowest BCUT2D eigenvalue weighted by Gasteiger charge is -2.14. The van der Waals surface area contributed by atoms with Crippen molar-refractivity contribution in [2.45, 2.75) is 38.1 Å². The van der Waals surface area contributed by atoms with Gasteiger partial charge in [-0.25, -0.2) is 0 Å². The van der Waals surface area contributed by atoms with Crippen LogP contribution in [0, 0.1) is 5.92 Å². The van der Waals surface area contributed by atoms with E-state index in [-0.39, 0.29) is 18.4 Å². The molecule has 1 aliphatic rings. The summed E-state index contributed by atoms with van der Waals surface area (Å²) in [5, 5.41) is 16.8. The standard InChI is InChI=1S/C18H24N4O2/c23-13-14(11-15-5-3-4-9-19-15)12-20-18(24)17-8-10-22(21-17)16-6-1-2-7-16/h3-5,8-10,14,16,23H,1-2,6-7,11-13H2,(H,20,24). The fourth-order valence-electron chi connectivity index (χ4n) is 3.17. The number of carbonyl (C=O) groups excluding carboxylic acids is 1. The van der Waals surface area contributed by atoms with Crippen molar-refractivity contribution < 1.29 is 9.90 Å². The summed E-state index contributed by atoms with van der Waals surface area (Å²) in [4.78, 5) is 16.5. The van der Waals surface area contributed by atoms with Gasteiger partial charge in [0, 0.05) is 37.2 Å². The van der Waals surface area contributed by atoms with Gasteiger partial charge >= 0.3 is 0 Å². The zero-order valence-electron chi connectivity index (χ0n) is 13.8. The molecule has 1 saturated carbocycles. The lowest BCUT2D eigenvalue weighted by Crippen LogP contribution is -2.32. The Bertz CT molecular complexity index is 650. The van der Waals surface area contributed by atoms with Gasteiger partial charge in [-0.1, -0.05) is 18.9 Å². The number of aromatic nitrogens is 3. The number of hydrogen-bond donors (Lipinski definition) is 2.